The van der Waals surface area contributed by atoms with Crippen molar-refractivity contribution < 1.29 is 29.0 Å². The van der Waals surface area contributed by atoms with Crippen LogP contribution >= 0.6 is 0 Å². The number of fused-ring (bicyclic) bond motifs is 2. The molecular weight excluding hydrogens is 408 g/mol. The number of hydrogen-bond acceptors (Lipinski definition) is 6. The van der Waals surface area contributed by atoms with Crippen LogP contribution in [0.1, 0.15) is 40.5 Å². The number of carbonyl (C=O) groups is 3. The average Bonchev–Trinajstić information content (AvgIpc) is 3.00. The second-order valence-electron chi connectivity index (χ2n) is 8.34. The zero-order valence-corrected chi connectivity index (χ0v) is 18.8. The molecule has 2 heterocycles. The SMILES string of the molecule is CCC(C)C=CC=CC=CC(=O)C=C(O)C1=C2C=C3CC(C)OC=C3C(=O)C2(C)OC1=O. The van der Waals surface area contributed by atoms with Crippen LogP contribution in [0.15, 0.2) is 82.9 Å². The van der Waals surface area contributed by atoms with E-state index in [0.29, 0.717) is 23.5 Å². The Hall–Kier alpha value is -3.41. The van der Waals surface area contributed by atoms with Crippen LogP contribution in [0.4, 0.5) is 0 Å². The molecule has 0 amide bonds. The predicted octanol–water partition coefficient (Wildman–Crippen LogP) is 4.53. The first-order valence-corrected chi connectivity index (χ1v) is 10.7. The quantitative estimate of drug-likeness (QED) is 0.273. The summed E-state index contributed by atoms with van der Waals surface area (Å²) in [5, 5.41) is 10.5. The van der Waals surface area contributed by atoms with Gasteiger partial charge < -0.3 is 14.6 Å². The molecule has 0 bridgehead atoms. The van der Waals surface area contributed by atoms with E-state index in [1.807, 2.05) is 19.1 Å². The summed E-state index contributed by atoms with van der Waals surface area (Å²) in [7, 11) is 0. The van der Waals surface area contributed by atoms with Crippen molar-refractivity contribution in [3.05, 3.63) is 82.9 Å². The van der Waals surface area contributed by atoms with Crippen molar-refractivity contribution in [1.82, 2.24) is 0 Å². The van der Waals surface area contributed by atoms with Crippen LogP contribution in [-0.4, -0.2) is 34.3 Å². The van der Waals surface area contributed by atoms with Crippen molar-refractivity contribution >= 4 is 17.5 Å². The van der Waals surface area contributed by atoms with Gasteiger partial charge in [-0.25, -0.2) is 4.79 Å². The van der Waals surface area contributed by atoms with Gasteiger partial charge in [-0.15, -0.1) is 0 Å². The van der Waals surface area contributed by atoms with Gasteiger partial charge in [0.05, 0.1) is 17.9 Å². The summed E-state index contributed by atoms with van der Waals surface area (Å²) in [5.41, 5.74) is -0.391. The van der Waals surface area contributed by atoms with Gasteiger partial charge in [0.1, 0.15) is 11.3 Å². The van der Waals surface area contributed by atoms with Crippen LogP contribution in [0.5, 0.6) is 0 Å². The van der Waals surface area contributed by atoms with E-state index in [1.54, 1.807) is 18.2 Å². The Morgan fingerprint density at radius 2 is 2.00 bits per heavy atom. The van der Waals surface area contributed by atoms with Crippen molar-refractivity contribution in [2.24, 2.45) is 5.92 Å². The average molecular weight is 437 g/mol. The Morgan fingerprint density at radius 1 is 1.28 bits per heavy atom. The third-order valence-corrected chi connectivity index (χ3v) is 5.76. The third kappa shape index (κ3) is 4.59. The van der Waals surface area contributed by atoms with Gasteiger partial charge >= 0.3 is 5.97 Å². The topological polar surface area (TPSA) is 89.9 Å². The van der Waals surface area contributed by atoms with E-state index in [0.717, 1.165) is 12.5 Å². The second-order valence-corrected chi connectivity index (χ2v) is 8.34. The number of hydrogen-bond donors (Lipinski definition) is 1. The lowest BCUT2D eigenvalue weighted by Gasteiger charge is -2.33. The van der Waals surface area contributed by atoms with Gasteiger partial charge in [0, 0.05) is 18.1 Å². The number of Topliss-reactive ketones (excluding diaryl/α,β-unsaturated/α-hetero) is 1. The smallest absolute Gasteiger partial charge is 0.343 e. The standard InChI is InChI=1S/C26H28O6/c1-5-16(2)10-8-6-7-9-11-19(27)14-22(28)23-21-13-18-12-17(3)31-15-20(18)24(29)26(21,4)32-25(23)30/h6-11,13-17,28H,5,12H2,1-4H3. The summed E-state index contributed by atoms with van der Waals surface area (Å²) in [6, 6.07) is 0. The van der Waals surface area contributed by atoms with E-state index in [-0.39, 0.29) is 17.3 Å². The summed E-state index contributed by atoms with van der Waals surface area (Å²) in [5.74, 6) is -1.80. The van der Waals surface area contributed by atoms with Crippen LogP contribution in [-0.2, 0) is 23.9 Å². The Balaban J connectivity index is 1.85. The molecule has 0 fully saturated rings. The molecule has 0 saturated carbocycles. The molecule has 0 saturated heterocycles. The van der Waals surface area contributed by atoms with Crippen LogP contribution in [0.3, 0.4) is 0 Å². The number of aliphatic hydroxyl groups is 1. The molecule has 0 aromatic heterocycles. The van der Waals surface area contributed by atoms with E-state index in [4.69, 9.17) is 9.47 Å². The van der Waals surface area contributed by atoms with Crippen molar-refractivity contribution in [2.75, 3.05) is 0 Å². The summed E-state index contributed by atoms with van der Waals surface area (Å²) in [6.45, 7) is 7.57. The fourth-order valence-corrected chi connectivity index (χ4v) is 3.68. The second kappa shape index (κ2) is 9.39. The molecule has 0 spiro atoms. The van der Waals surface area contributed by atoms with E-state index in [2.05, 4.69) is 19.9 Å². The van der Waals surface area contributed by atoms with Crippen molar-refractivity contribution in [3.63, 3.8) is 0 Å². The summed E-state index contributed by atoms with van der Waals surface area (Å²) < 4.78 is 10.8. The molecule has 32 heavy (non-hydrogen) atoms. The Bertz CT molecular complexity index is 1050. The van der Waals surface area contributed by atoms with Crippen molar-refractivity contribution in [3.8, 4) is 0 Å². The Kier molecular flexibility index (Phi) is 6.82. The molecule has 3 aliphatic rings. The minimum Gasteiger partial charge on any atom is -0.507 e. The van der Waals surface area contributed by atoms with Crippen LogP contribution in [0.25, 0.3) is 0 Å². The van der Waals surface area contributed by atoms with E-state index in [9.17, 15) is 19.5 Å². The monoisotopic (exact) mass is 436 g/mol. The number of ether oxygens (including phenoxy) is 2. The van der Waals surface area contributed by atoms with E-state index in [1.165, 1.54) is 19.3 Å². The third-order valence-electron chi connectivity index (χ3n) is 5.76. The van der Waals surface area contributed by atoms with Crippen LogP contribution in [0, 0.1) is 5.92 Å². The fraction of sp³-hybridized carbons (Fsp3) is 0.346. The lowest BCUT2D eigenvalue weighted by molar-refractivity contribution is -0.152. The number of esters is 1. The highest BCUT2D eigenvalue weighted by Crippen LogP contribution is 2.45. The summed E-state index contributed by atoms with van der Waals surface area (Å²) in [4.78, 5) is 37.8. The Labute approximate surface area is 188 Å². The Morgan fingerprint density at radius 3 is 2.72 bits per heavy atom. The summed E-state index contributed by atoms with van der Waals surface area (Å²) in [6.07, 6.45) is 15.8. The molecule has 1 aliphatic carbocycles. The molecular formula is C26H28O6. The van der Waals surface area contributed by atoms with Crippen LogP contribution in [0.2, 0.25) is 0 Å². The number of aliphatic hydroxyl groups excluding tert-OH is 1. The van der Waals surface area contributed by atoms with Gasteiger partial charge in [0.2, 0.25) is 5.78 Å². The minimum atomic E-state index is -1.56. The molecule has 3 rings (SSSR count). The molecule has 0 radical (unpaired) electrons. The molecule has 0 aromatic rings. The highest BCUT2D eigenvalue weighted by molar-refractivity contribution is 6.15. The lowest BCUT2D eigenvalue weighted by atomic mass is 9.76. The molecule has 3 atom stereocenters. The number of allylic oxidation sites excluding steroid dienone is 7. The first-order chi connectivity index (χ1) is 15.2. The minimum absolute atomic E-state index is 0.117. The highest BCUT2D eigenvalue weighted by atomic mass is 16.6. The van der Waals surface area contributed by atoms with Gasteiger partial charge in [-0.3, -0.25) is 9.59 Å². The van der Waals surface area contributed by atoms with Crippen molar-refractivity contribution in [1.29, 1.82) is 0 Å². The highest BCUT2D eigenvalue weighted by Gasteiger charge is 2.54. The van der Waals surface area contributed by atoms with Gasteiger partial charge in [-0.2, -0.15) is 0 Å². The van der Waals surface area contributed by atoms with Gasteiger partial charge in [-0.05, 0) is 37.5 Å². The maximum atomic E-state index is 13.0. The first-order valence-electron chi connectivity index (χ1n) is 10.7. The van der Waals surface area contributed by atoms with E-state index >= 15 is 0 Å². The van der Waals surface area contributed by atoms with Gasteiger partial charge in [-0.1, -0.05) is 50.6 Å². The molecule has 3 unspecified atom stereocenters. The normalized spacial score (nSPS) is 26.8. The zero-order valence-electron chi connectivity index (χ0n) is 18.8. The maximum Gasteiger partial charge on any atom is 0.343 e. The fourth-order valence-electron chi connectivity index (χ4n) is 3.68. The maximum absolute atomic E-state index is 13.0. The summed E-state index contributed by atoms with van der Waals surface area (Å²) >= 11 is 0. The first kappa shape index (κ1) is 23.3. The molecule has 0 aromatic carbocycles. The molecule has 2 aliphatic heterocycles. The molecule has 1 N–H and O–H groups in total. The number of rotatable bonds is 7. The zero-order chi connectivity index (χ0) is 23.5. The van der Waals surface area contributed by atoms with Crippen LogP contribution < -0.4 is 0 Å². The predicted molar refractivity (Wildman–Crippen MR) is 120 cm³/mol. The molecule has 6 heteroatoms. The van der Waals surface area contributed by atoms with Crippen molar-refractivity contribution in [2.45, 2.75) is 52.2 Å². The van der Waals surface area contributed by atoms with E-state index < -0.39 is 28.9 Å². The van der Waals surface area contributed by atoms with Gasteiger partial charge in [0.25, 0.3) is 0 Å². The largest absolute Gasteiger partial charge is 0.507 e. The van der Waals surface area contributed by atoms with Gasteiger partial charge in [0.15, 0.2) is 11.4 Å². The number of ketones is 2. The molecule has 168 valence electrons. The lowest BCUT2D eigenvalue weighted by Crippen LogP contribution is -2.42. The molecule has 6 nitrogen and oxygen atoms in total. The number of carbonyl (C=O) groups excluding carboxylic acids is 3.